The van der Waals surface area contributed by atoms with Gasteiger partial charge in [-0.3, -0.25) is 4.79 Å². The van der Waals surface area contributed by atoms with E-state index in [1.54, 1.807) is 0 Å². The van der Waals surface area contributed by atoms with Crippen molar-refractivity contribution in [2.75, 3.05) is 0 Å². The van der Waals surface area contributed by atoms with Gasteiger partial charge >= 0.3 is 0 Å². The Morgan fingerprint density at radius 2 is 2.06 bits per heavy atom. The molecule has 1 heterocycles. The van der Waals surface area contributed by atoms with Crippen molar-refractivity contribution in [3.63, 3.8) is 0 Å². The monoisotopic (exact) mass is 225 g/mol. The fourth-order valence-corrected chi connectivity index (χ4v) is 2.22. The van der Waals surface area contributed by atoms with Crippen LogP contribution in [0.15, 0.2) is 18.2 Å². The lowest BCUT2D eigenvalue weighted by Crippen LogP contribution is -2.38. The van der Waals surface area contributed by atoms with Crippen molar-refractivity contribution in [1.82, 2.24) is 5.32 Å². The standard InChI is InChI=1S/C12H13F2NO/c1-12(2)9(6-11(16)15-12)8-5-7(13)3-4-10(8)14/h3-5,9H,6H2,1-2H3,(H,15,16). The lowest BCUT2D eigenvalue weighted by Gasteiger charge is -2.26. The molecule has 0 saturated carbocycles. The van der Waals surface area contributed by atoms with E-state index in [1.807, 2.05) is 13.8 Å². The molecule has 1 aromatic rings. The van der Waals surface area contributed by atoms with Crippen molar-refractivity contribution in [3.8, 4) is 0 Å². The molecule has 0 radical (unpaired) electrons. The fraction of sp³-hybridized carbons (Fsp3) is 0.417. The lowest BCUT2D eigenvalue weighted by atomic mass is 9.83. The van der Waals surface area contributed by atoms with Crippen LogP contribution >= 0.6 is 0 Å². The molecule has 2 nitrogen and oxygen atoms in total. The maximum absolute atomic E-state index is 13.6. The van der Waals surface area contributed by atoms with Crippen LogP contribution in [0.25, 0.3) is 0 Å². The highest BCUT2D eigenvalue weighted by atomic mass is 19.1. The van der Waals surface area contributed by atoms with Gasteiger partial charge < -0.3 is 5.32 Å². The van der Waals surface area contributed by atoms with Gasteiger partial charge in [0.2, 0.25) is 5.91 Å². The van der Waals surface area contributed by atoms with E-state index in [9.17, 15) is 13.6 Å². The van der Waals surface area contributed by atoms with E-state index in [2.05, 4.69) is 5.32 Å². The van der Waals surface area contributed by atoms with Crippen LogP contribution in [0.5, 0.6) is 0 Å². The number of carbonyl (C=O) groups is 1. The van der Waals surface area contributed by atoms with Gasteiger partial charge in [-0.25, -0.2) is 8.78 Å². The van der Waals surface area contributed by atoms with E-state index in [1.165, 1.54) is 6.07 Å². The molecule has 0 aliphatic carbocycles. The summed E-state index contributed by atoms with van der Waals surface area (Å²) in [5.41, 5.74) is -0.269. The number of benzene rings is 1. The maximum atomic E-state index is 13.6. The number of rotatable bonds is 1. The van der Waals surface area contributed by atoms with E-state index in [0.717, 1.165) is 12.1 Å². The predicted octanol–water partition coefficient (Wildman–Crippen LogP) is 2.35. The fourth-order valence-electron chi connectivity index (χ4n) is 2.22. The number of hydrogen-bond acceptors (Lipinski definition) is 1. The second kappa shape index (κ2) is 3.54. The van der Waals surface area contributed by atoms with Crippen LogP contribution in [-0.4, -0.2) is 11.4 Å². The molecule has 0 spiro atoms. The molecule has 1 amide bonds. The molecule has 16 heavy (non-hydrogen) atoms. The van der Waals surface area contributed by atoms with Crippen LogP contribution in [0.2, 0.25) is 0 Å². The Morgan fingerprint density at radius 3 is 2.62 bits per heavy atom. The average Bonchev–Trinajstić information content (AvgIpc) is 2.43. The quantitative estimate of drug-likeness (QED) is 0.781. The molecule has 1 atom stereocenters. The summed E-state index contributed by atoms with van der Waals surface area (Å²) >= 11 is 0. The van der Waals surface area contributed by atoms with Crippen molar-refractivity contribution in [2.24, 2.45) is 0 Å². The van der Waals surface area contributed by atoms with Crippen LogP contribution in [0.1, 0.15) is 31.7 Å². The van der Waals surface area contributed by atoms with Gasteiger partial charge in [0.25, 0.3) is 0 Å². The SMILES string of the molecule is CC1(C)NC(=O)CC1c1cc(F)ccc1F. The first-order chi connectivity index (χ1) is 7.40. The smallest absolute Gasteiger partial charge is 0.221 e. The van der Waals surface area contributed by atoms with Crippen molar-refractivity contribution in [1.29, 1.82) is 0 Å². The maximum Gasteiger partial charge on any atom is 0.221 e. The lowest BCUT2D eigenvalue weighted by molar-refractivity contribution is -0.119. The van der Waals surface area contributed by atoms with E-state index in [-0.39, 0.29) is 23.8 Å². The Morgan fingerprint density at radius 1 is 1.38 bits per heavy atom. The van der Waals surface area contributed by atoms with Gasteiger partial charge in [0.05, 0.1) is 0 Å². The Hall–Kier alpha value is -1.45. The molecule has 1 N–H and O–H groups in total. The van der Waals surface area contributed by atoms with Crippen LogP contribution < -0.4 is 5.32 Å². The van der Waals surface area contributed by atoms with Gasteiger partial charge in [-0.1, -0.05) is 0 Å². The van der Waals surface area contributed by atoms with Crippen LogP contribution in [-0.2, 0) is 4.79 Å². The molecule has 1 aliphatic rings. The zero-order valence-electron chi connectivity index (χ0n) is 9.18. The zero-order valence-corrected chi connectivity index (χ0v) is 9.18. The van der Waals surface area contributed by atoms with Gasteiger partial charge in [-0.05, 0) is 37.6 Å². The van der Waals surface area contributed by atoms with Crippen molar-refractivity contribution >= 4 is 5.91 Å². The summed E-state index contributed by atoms with van der Waals surface area (Å²) in [5, 5.41) is 2.76. The molecule has 1 fully saturated rings. The molecule has 0 aromatic heterocycles. The molecular formula is C12H13F2NO. The normalized spacial score (nSPS) is 23.2. The van der Waals surface area contributed by atoms with Crippen LogP contribution in [0.4, 0.5) is 8.78 Å². The third-order valence-corrected chi connectivity index (χ3v) is 3.06. The number of carbonyl (C=O) groups excluding carboxylic acids is 1. The Kier molecular flexibility index (Phi) is 2.45. The molecule has 4 heteroatoms. The summed E-state index contributed by atoms with van der Waals surface area (Å²) < 4.78 is 26.7. The number of amides is 1. The van der Waals surface area contributed by atoms with Gasteiger partial charge in [-0.2, -0.15) is 0 Å². The second-order valence-corrected chi connectivity index (χ2v) is 4.69. The Labute approximate surface area is 92.7 Å². The third kappa shape index (κ3) is 1.79. The van der Waals surface area contributed by atoms with Gasteiger partial charge in [0, 0.05) is 17.9 Å². The largest absolute Gasteiger partial charge is 0.351 e. The first kappa shape index (κ1) is 11.0. The van der Waals surface area contributed by atoms with E-state index in [4.69, 9.17) is 0 Å². The van der Waals surface area contributed by atoms with Crippen LogP contribution in [0, 0.1) is 11.6 Å². The number of hydrogen-bond donors (Lipinski definition) is 1. The summed E-state index contributed by atoms with van der Waals surface area (Å²) in [6.07, 6.45) is 0.202. The predicted molar refractivity (Wildman–Crippen MR) is 55.9 cm³/mol. The molecule has 0 bridgehead atoms. The van der Waals surface area contributed by atoms with Crippen LogP contribution in [0.3, 0.4) is 0 Å². The van der Waals surface area contributed by atoms with Gasteiger partial charge in [-0.15, -0.1) is 0 Å². The average molecular weight is 225 g/mol. The van der Waals surface area contributed by atoms with Crippen molar-refractivity contribution < 1.29 is 13.6 Å². The van der Waals surface area contributed by atoms with Gasteiger partial charge in [0.15, 0.2) is 0 Å². The topological polar surface area (TPSA) is 29.1 Å². The summed E-state index contributed by atoms with van der Waals surface area (Å²) in [6.45, 7) is 3.62. The Bertz CT molecular complexity index is 443. The Balaban J connectivity index is 2.44. The third-order valence-electron chi connectivity index (χ3n) is 3.06. The minimum atomic E-state index is -0.536. The summed E-state index contributed by atoms with van der Waals surface area (Å²) in [5.74, 6) is -1.39. The molecule has 1 saturated heterocycles. The van der Waals surface area contributed by atoms with E-state index in [0.29, 0.717) is 0 Å². The highest BCUT2D eigenvalue weighted by Gasteiger charge is 2.41. The van der Waals surface area contributed by atoms with Crippen molar-refractivity contribution in [3.05, 3.63) is 35.4 Å². The molecule has 1 aliphatic heterocycles. The number of halogens is 2. The summed E-state index contributed by atoms with van der Waals surface area (Å²) in [4.78, 5) is 11.3. The first-order valence-electron chi connectivity index (χ1n) is 5.16. The van der Waals surface area contributed by atoms with E-state index >= 15 is 0 Å². The second-order valence-electron chi connectivity index (χ2n) is 4.69. The first-order valence-corrected chi connectivity index (χ1v) is 5.16. The molecule has 86 valence electrons. The minimum absolute atomic E-state index is 0.126. The highest BCUT2D eigenvalue weighted by molar-refractivity contribution is 5.81. The minimum Gasteiger partial charge on any atom is -0.351 e. The zero-order chi connectivity index (χ0) is 11.9. The summed E-state index contributed by atoms with van der Waals surface area (Å²) in [7, 11) is 0. The van der Waals surface area contributed by atoms with Crippen molar-refractivity contribution in [2.45, 2.75) is 31.7 Å². The highest BCUT2D eigenvalue weighted by Crippen LogP contribution is 2.37. The van der Waals surface area contributed by atoms with E-state index < -0.39 is 17.2 Å². The summed E-state index contributed by atoms with van der Waals surface area (Å²) in [6, 6.07) is 3.35. The molecule has 1 aromatic carbocycles. The van der Waals surface area contributed by atoms with Gasteiger partial charge in [0.1, 0.15) is 11.6 Å². The molecular weight excluding hydrogens is 212 g/mol. The molecule has 2 rings (SSSR count). The molecule has 1 unspecified atom stereocenters. The number of nitrogens with one attached hydrogen (secondary N) is 1.